The maximum absolute atomic E-state index is 6.15. The summed E-state index contributed by atoms with van der Waals surface area (Å²) in [6.07, 6.45) is 8.37. The molecular formula is C22H24N2OS3. The summed E-state index contributed by atoms with van der Waals surface area (Å²) in [5.74, 6) is 0.890. The standard InChI is InChI=1S/C22H24N2OS3/c1-4-22(2)13-16-17(14-25-22)28-20-18(16)19(23-21(24-20)26-3)27-12-8-11-15-9-6-5-7-10-15/h5-11H,4,12-14H2,1-3H3/b11-8+. The molecule has 0 bridgehead atoms. The molecule has 2 aromatic heterocycles. The third-order valence-corrected chi connectivity index (χ3v) is 7.71. The predicted molar refractivity (Wildman–Crippen MR) is 123 cm³/mol. The van der Waals surface area contributed by atoms with Crippen LogP contribution in [0.3, 0.4) is 0 Å². The first kappa shape index (κ1) is 20.0. The molecule has 0 N–H and O–H groups in total. The highest BCUT2D eigenvalue weighted by Crippen LogP contribution is 2.43. The number of rotatable bonds is 6. The van der Waals surface area contributed by atoms with Gasteiger partial charge in [0.25, 0.3) is 0 Å². The van der Waals surface area contributed by atoms with Crippen molar-refractivity contribution in [1.29, 1.82) is 0 Å². The van der Waals surface area contributed by atoms with E-state index >= 15 is 0 Å². The largest absolute Gasteiger partial charge is 0.369 e. The normalized spacial score (nSPS) is 19.4. The third-order valence-electron chi connectivity index (χ3n) is 5.14. The van der Waals surface area contributed by atoms with E-state index in [1.165, 1.54) is 21.4 Å². The van der Waals surface area contributed by atoms with E-state index in [1.807, 2.05) is 12.3 Å². The van der Waals surface area contributed by atoms with Crippen LogP contribution in [0.1, 0.15) is 36.3 Å². The molecule has 28 heavy (non-hydrogen) atoms. The van der Waals surface area contributed by atoms with Gasteiger partial charge in [-0.3, -0.25) is 0 Å². The zero-order chi connectivity index (χ0) is 19.6. The number of hydrogen-bond acceptors (Lipinski definition) is 6. The maximum atomic E-state index is 6.15. The maximum Gasteiger partial charge on any atom is 0.189 e. The summed E-state index contributed by atoms with van der Waals surface area (Å²) in [6, 6.07) is 10.4. The highest BCUT2D eigenvalue weighted by Gasteiger charge is 2.33. The number of aromatic nitrogens is 2. The first-order valence-electron chi connectivity index (χ1n) is 9.46. The summed E-state index contributed by atoms with van der Waals surface area (Å²) in [4.78, 5) is 12.1. The van der Waals surface area contributed by atoms with E-state index in [0.717, 1.165) is 33.6 Å². The van der Waals surface area contributed by atoms with Crippen molar-refractivity contribution in [3.63, 3.8) is 0 Å². The van der Waals surface area contributed by atoms with Crippen molar-refractivity contribution in [1.82, 2.24) is 9.97 Å². The minimum atomic E-state index is -0.0890. The quantitative estimate of drug-likeness (QED) is 0.256. The fourth-order valence-electron chi connectivity index (χ4n) is 3.32. The second-order valence-electron chi connectivity index (χ2n) is 7.09. The first-order valence-corrected chi connectivity index (χ1v) is 12.5. The average Bonchev–Trinajstić information content (AvgIpc) is 3.09. The van der Waals surface area contributed by atoms with E-state index in [-0.39, 0.29) is 5.60 Å². The Kier molecular flexibility index (Phi) is 6.11. The Balaban J connectivity index is 1.65. The van der Waals surface area contributed by atoms with E-state index in [2.05, 4.69) is 50.3 Å². The first-order chi connectivity index (χ1) is 13.6. The molecule has 3 heterocycles. The van der Waals surface area contributed by atoms with Gasteiger partial charge in [0.1, 0.15) is 9.86 Å². The third kappa shape index (κ3) is 4.15. The minimum Gasteiger partial charge on any atom is -0.369 e. The molecule has 1 unspecified atom stereocenters. The number of thiophene rings is 1. The summed E-state index contributed by atoms with van der Waals surface area (Å²) >= 11 is 5.17. The molecule has 1 atom stereocenters. The molecule has 1 aliphatic rings. The molecule has 1 aliphatic heterocycles. The number of benzene rings is 1. The van der Waals surface area contributed by atoms with Gasteiger partial charge >= 0.3 is 0 Å². The number of hydrogen-bond donors (Lipinski definition) is 0. The second-order valence-corrected chi connectivity index (χ2v) is 9.96. The van der Waals surface area contributed by atoms with Gasteiger partial charge in [0.15, 0.2) is 5.16 Å². The number of thioether (sulfide) groups is 2. The van der Waals surface area contributed by atoms with Gasteiger partial charge in [-0.2, -0.15) is 0 Å². The summed E-state index contributed by atoms with van der Waals surface area (Å²) in [5, 5.41) is 3.20. The minimum absolute atomic E-state index is 0.0890. The molecule has 0 spiro atoms. The van der Waals surface area contributed by atoms with Gasteiger partial charge in [-0.25, -0.2) is 9.97 Å². The Hall–Kier alpha value is -1.34. The fourth-order valence-corrected chi connectivity index (χ4v) is 5.83. The van der Waals surface area contributed by atoms with Gasteiger partial charge in [-0.05, 0) is 30.7 Å². The van der Waals surface area contributed by atoms with Crippen LogP contribution in [-0.4, -0.2) is 27.6 Å². The van der Waals surface area contributed by atoms with Gasteiger partial charge < -0.3 is 4.74 Å². The highest BCUT2D eigenvalue weighted by molar-refractivity contribution is 7.99. The molecule has 0 aliphatic carbocycles. The van der Waals surface area contributed by atoms with Crippen molar-refractivity contribution in [2.45, 2.75) is 49.1 Å². The van der Waals surface area contributed by atoms with Crippen molar-refractivity contribution in [3.8, 4) is 0 Å². The van der Waals surface area contributed by atoms with Crippen LogP contribution in [0.2, 0.25) is 0 Å². The number of nitrogens with zero attached hydrogens (tertiary/aromatic N) is 2. The van der Waals surface area contributed by atoms with Crippen LogP contribution in [0.5, 0.6) is 0 Å². The van der Waals surface area contributed by atoms with E-state index in [9.17, 15) is 0 Å². The molecule has 146 valence electrons. The van der Waals surface area contributed by atoms with Crippen LogP contribution in [0, 0.1) is 0 Å². The Labute approximate surface area is 179 Å². The lowest BCUT2D eigenvalue weighted by Crippen LogP contribution is -2.33. The Morgan fingerprint density at radius 1 is 1.25 bits per heavy atom. The molecule has 3 aromatic rings. The van der Waals surface area contributed by atoms with Gasteiger partial charge in [0, 0.05) is 22.4 Å². The average molecular weight is 429 g/mol. The second kappa shape index (κ2) is 8.57. The van der Waals surface area contributed by atoms with Crippen molar-refractivity contribution in [3.05, 3.63) is 52.4 Å². The van der Waals surface area contributed by atoms with Gasteiger partial charge in [0.05, 0.1) is 12.2 Å². The van der Waals surface area contributed by atoms with Crippen molar-refractivity contribution in [2.24, 2.45) is 0 Å². The van der Waals surface area contributed by atoms with Crippen molar-refractivity contribution < 1.29 is 4.74 Å². The topological polar surface area (TPSA) is 35.0 Å². The monoisotopic (exact) mass is 428 g/mol. The molecule has 0 fully saturated rings. The molecule has 4 rings (SSSR count). The van der Waals surface area contributed by atoms with Crippen LogP contribution in [0.15, 0.2) is 46.6 Å². The van der Waals surface area contributed by atoms with Gasteiger partial charge in [-0.1, -0.05) is 61.2 Å². The number of fused-ring (bicyclic) bond motifs is 3. The molecule has 1 aromatic carbocycles. The van der Waals surface area contributed by atoms with E-state index in [1.54, 1.807) is 34.9 Å². The van der Waals surface area contributed by atoms with Gasteiger partial charge in [-0.15, -0.1) is 23.1 Å². The summed E-state index contributed by atoms with van der Waals surface area (Å²) in [5.41, 5.74) is 2.54. The van der Waals surface area contributed by atoms with Crippen molar-refractivity contribution >= 4 is 51.2 Å². The van der Waals surface area contributed by atoms with Crippen LogP contribution in [0.25, 0.3) is 16.3 Å². The molecular weight excluding hydrogens is 404 g/mol. The van der Waals surface area contributed by atoms with E-state index < -0.39 is 0 Å². The van der Waals surface area contributed by atoms with E-state index in [4.69, 9.17) is 14.7 Å². The molecule has 3 nitrogen and oxygen atoms in total. The van der Waals surface area contributed by atoms with Crippen LogP contribution >= 0.6 is 34.9 Å². The van der Waals surface area contributed by atoms with E-state index in [0.29, 0.717) is 6.61 Å². The lowest BCUT2D eigenvalue weighted by molar-refractivity contribution is -0.0543. The molecule has 0 amide bonds. The summed E-state index contributed by atoms with van der Waals surface area (Å²) in [6.45, 7) is 5.10. The molecule has 0 saturated carbocycles. The summed E-state index contributed by atoms with van der Waals surface area (Å²) in [7, 11) is 0. The lowest BCUT2D eigenvalue weighted by Gasteiger charge is -2.33. The predicted octanol–water partition coefficient (Wildman–Crippen LogP) is 6.46. The number of ether oxygens (including phenoxy) is 1. The fraction of sp³-hybridized carbons (Fsp3) is 0.364. The van der Waals surface area contributed by atoms with Crippen molar-refractivity contribution in [2.75, 3.05) is 12.0 Å². The van der Waals surface area contributed by atoms with Crippen LogP contribution in [-0.2, 0) is 17.8 Å². The molecule has 0 radical (unpaired) electrons. The Bertz CT molecular complexity index is 1000. The Morgan fingerprint density at radius 2 is 2.07 bits per heavy atom. The summed E-state index contributed by atoms with van der Waals surface area (Å²) < 4.78 is 6.15. The highest BCUT2D eigenvalue weighted by atomic mass is 32.2. The zero-order valence-electron chi connectivity index (χ0n) is 16.4. The Morgan fingerprint density at radius 3 is 2.82 bits per heavy atom. The lowest BCUT2D eigenvalue weighted by atomic mass is 9.90. The molecule has 6 heteroatoms. The zero-order valence-corrected chi connectivity index (χ0v) is 18.8. The van der Waals surface area contributed by atoms with Gasteiger partial charge in [0.2, 0.25) is 0 Å². The smallest absolute Gasteiger partial charge is 0.189 e. The van der Waals surface area contributed by atoms with Crippen LogP contribution < -0.4 is 0 Å². The van der Waals surface area contributed by atoms with Crippen LogP contribution in [0.4, 0.5) is 0 Å². The molecule has 0 saturated heterocycles. The SMILES string of the molecule is CCC1(C)Cc2c(sc3nc(SC)nc(SC/C=C/c4ccccc4)c23)CO1.